The molecular formula is C14H12ClN3O2S. The van der Waals surface area contributed by atoms with Crippen molar-refractivity contribution in [3.8, 4) is 6.07 Å². The first-order valence-corrected chi connectivity index (χ1v) is 7.82. The van der Waals surface area contributed by atoms with Crippen molar-refractivity contribution in [1.29, 1.82) is 5.26 Å². The predicted molar refractivity (Wildman–Crippen MR) is 79.1 cm³/mol. The van der Waals surface area contributed by atoms with E-state index in [4.69, 9.17) is 16.9 Å². The molecule has 0 aliphatic rings. The molecule has 0 bridgehead atoms. The van der Waals surface area contributed by atoms with Crippen LogP contribution in [0.3, 0.4) is 0 Å². The molecule has 1 aromatic carbocycles. The van der Waals surface area contributed by atoms with Gasteiger partial charge in [0.2, 0.25) is 10.0 Å². The summed E-state index contributed by atoms with van der Waals surface area (Å²) in [6.07, 6.45) is 3.23. The van der Waals surface area contributed by atoms with Gasteiger partial charge in [0.05, 0.1) is 15.5 Å². The third-order valence-electron chi connectivity index (χ3n) is 2.90. The lowest BCUT2D eigenvalue weighted by atomic mass is 10.2. The maximum atomic E-state index is 12.5. The van der Waals surface area contributed by atoms with Gasteiger partial charge in [-0.2, -0.15) is 9.57 Å². The molecule has 21 heavy (non-hydrogen) atoms. The van der Waals surface area contributed by atoms with Crippen molar-refractivity contribution in [1.82, 2.24) is 9.29 Å². The Bertz CT molecular complexity index is 786. The topological polar surface area (TPSA) is 74.1 Å². The molecule has 1 aromatic heterocycles. The molecule has 5 nitrogen and oxygen atoms in total. The third-order valence-corrected chi connectivity index (χ3v) is 5.01. The second-order valence-corrected chi connectivity index (χ2v) is 6.83. The molecular weight excluding hydrogens is 310 g/mol. The number of nitriles is 1. The third kappa shape index (κ3) is 3.39. The van der Waals surface area contributed by atoms with Crippen LogP contribution in [0, 0.1) is 11.3 Å². The SMILES string of the molecule is CN(Cc1cccnc1)S(=O)(=O)c1ccc(C#N)c(Cl)c1. The standard InChI is InChI=1S/C14H12ClN3O2S/c1-18(10-11-3-2-6-17-9-11)21(19,20)13-5-4-12(8-16)14(15)7-13/h2-7,9H,10H2,1H3. The zero-order chi connectivity index (χ0) is 15.5. The second-order valence-electron chi connectivity index (χ2n) is 4.38. The van der Waals surface area contributed by atoms with Crippen molar-refractivity contribution in [2.45, 2.75) is 11.4 Å². The molecule has 1 heterocycles. The summed E-state index contributed by atoms with van der Waals surface area (Å²) in [5.74, 6) is 0. The first kappa shape index (κ1) is 15.4. The van der Waals surface area contributed by atoms with Crippen molar-refractivity contribution < 1.29 is 8.42 Å². The van der Waals surface area contributed by atoms with Gasteiger partial charge in [-0.1, -0.05) is 17.7 Å². The molecule has 2 rings (SSSR count). The fraction of sp³-hybridized carbons (Fsp3) is 0.143. The smallest absolute Gasteiger partial charge is 0.243 e. The summed E-state index contributed by atoms with van der Waals surface area (Å²) in [7, 11) is -2.19. The van der Waals surface area contributed by atoms with E-state index < -0.39 is 10.0 Å². The van der Waals surface area contributed by atoms with E-state index in [1.165, 1.54) is 29.6 Å². The fourth-order valence-corrected chi connectivity index (χ4v) is 3.23. The average molecular weight is 322 g/mol. The molecule has 7 heteroatoms. The molecule has 0 saturated carbocycles. The number of hydrogen-bond acceptors (Lipinski definition) is 4. The highest BCUT2D eigenvalue weighted by molar-refractivity contribution is 7.89. The monoisotopic (exact) mass is 321 g/mol. The number of aromatic nitrogens is 1. The van der Waals surface area contributed by atoms with E-state index in [9.17, 15) is 8.42 Å². The average Bonchev–Trinajstić information content (AvgIpc) is 2.48. The van der Waals surface area contributed by atoms with E-state index in [-0.39, 0.29) is 22.0 Å². The van der Waals surface area contributed by atoms with Gasteiger partial charge < -0.3 is 0 Å². The van der Waals surface area contributed by atoms with Crippen LogP contribution in [-0.2, 0) is 16.6 Å². The van der Waals surface area contributed by atoms with Gasteiger partial charge in [0.15, 0.2) is 0 Å². The van der Waals surface area contributed by atoms with Crippen LogP contribution in [0.1, 0.15) is 11.1 Å². The maximum absolute atomic E-state index is 12.5. The second kappa shape index (κ2) is 6.22. The van der Waals surface area contributed by atoms with E-state index in [0.29, 0.717) is 0 Å². The van der Waals surface area contributed by atoms with Crippen LogP contribution in [0.25, 0.3) is 0 Å². The molecule has 108 valence electrons. The van der Waals surface area contributed by atoms with Crippen molar-refractivity contribution in [2.24, 2.45) is 0 Å². The first-order valence-electron chi connectivity index (χ1n) is 6.00. The summed E-state index contributed by atoms with van der Waals surface area (Å²) in [5.41, 5.74) is 1.02. The fourth-order valence-electron chi connectivity index (χ4n) is 1.76. The van der Waals surface area contributed by atoms with Crippen LogP contribution in [0.2, 0.25) is 5.02 Å². The van der Waals surface area contributed by atoms with Gasteiger partial charge in [0.1, 0.15) is 6.07 Å². The summed E-state index contributed by atoms with van der Waals surface area (Å²) < 4.78 is 26.1. The van der Waals surface area contributed by atoms with Gasteiger partial charge >= 0.3 is 0 Å². The van der Waals surface area contributed by atoms with Crippen LogP contribution in [-0.4, -0.2) is 24.8 Å². The summed E-state index contributed by atoms with van der Waals surface area (Å²) in [5, 5.41) is 8.93. The normalized spacial score (nSPS) is 11.3. The van der Waals surface area contributed by atoms with Crippen molar-refractivity contribution >= 4 is 21.6 Å². The summed E-state index contributed by atoms with van der Waals surface area (Å²) >= 11 is 5.88. The molecule has 0 unspecified atom stereocenters. The minimum atomic E-state index is -3.67. The van der Waals surface area contributed by atoms with Gasteiger partial charge in [-0.05, 0) is 29.8 Å². The van der Waals surface area contributed by atoms with Gasteiger partial charge in [0.25, 0.3) is 0 Å². The van der Waals surface area contributed by atoms with Gasteiger partial charge in [0, 0.05) is 26.0 Å². The Kier molecular flexibility index (Phi) is 4.58. The summed E-state index contributed by atoms with van der Waals surface area (Å²) in [4.78, 5) is 4.00. The summed E-state index contributed by atoms with van der Waals surface area (Å²) in [6.45, 7) is 0.202. The van der Waals surface area contributed by atoms with Crippen molar-refractivity contribution in [2.75, 3.05) is 7.05 Å². The lowest BCUT2D eigenvalue weighted by Crippen LogP contribution is -2.26. The molecule has 0 fully saturated rings. The maximum Gasteiger partial charge on any atom is 0.243 e. The predicted octanol–water partition coefficient (Wildman–Crippen LogP) is 2.43. The molecule has 2 aromatic rings. The number of pyridine rings is 1. The Hall–Kier alpha value is -1.94. The Morgan fingerprint density at radius 1 is 1.38 bits per heavy atom. The zero-order valence-corrected chi connectivity index (χ0v) is 12.8. The van der Waals surface area contributed by atoms with E-state index in [2.05, 4.69) is 4.98 Å². The Morgan fingerprint density at radius 3 is 2.71 bits per heavy atom. The molecule has 0 spiro atoms. The number of rotatable bonds is 4. The molecule has 0 amide bonds. The largest absolute Gasteiger partial charge is 0.264 e. The van der Waals surface area contributed by atoms with Crippen molar-refractivity contribution in [3.05, 3.63) is 58.9 Å². The Labute approximate surface area is 128 Å². The summed E-state index contributed by atoms with van der Waals surface area (Å²) in [6, 6.07) is 9.49. The minimum absolute atomic E-state index is 0.0536. The Morgan fingerprint density at radius 2 is 2.14 bits per heavy atom. The highest BCUT2D eigenvalue weighted by atomic mass is 35.5. The van der Waals surface area contributed by atoms with Crippen LogP contribution in [0.4, 0.5) is 0 Å². The van der Waals surface area contributed by atoms with E-state index in [1.54, 1.807) is 24.5 Å². The zero-order valence-electron chi connectivity index (χ0n) is 11.2. The highest BCUT2D eigenvalue weighted by Gasteiger charge is 2.21. The first-order chi connectivity index (χ1) is 9.95. The van der Waals surface area contributed by atoms with Gasteiger partial charge in [-0.3, -0.25) is 4.98 Å². The molecule has 0 N–H and O–H groups in total. The van der Waals surface area contributed by atoms with Gasteiger partial charge in [-0.25, -0.2) is 8.42 Å². The van der Waals surface area contributed by atoms with Crippen molar-refractivity contribution in [3.63, 3.8) is 0 Å². The molecule has 0 aliphatic carbocycles. The number of hydrogen-bond donors (Lipinski definition) is 0. The number of benzene rings is 1. The van der Waals surface area contributed by atoms with Gasteiger partial charge in [-0.15, -0.1) is 0 Å². The van der Waals surface area contributed by atoms with Crippen LogP contribution in [0.5, 0.6) is 0 Å². The quantitative estimate of drug-likeness (QED) is 0.866. The van der Waals surface area contributed by atoms with Crippen LogP contribution in [0.15, 0.2) is 47.6 Å². The number of nitrogens with zero attached hydrogens (tertiary/aromatic N) is 3. The number of halogens is 1. The number of sulfonamides is 1. The molecule has 0 radical (unpaired) electrons. The van der Waals surface area contributed by atoms with Crippen LogP contribution < -0.4 is 0 Å². The molecule has 0 saturated heterocycles. The lowest BCUT2D eigenvalue weighted by molar-refractivity contribution is 0.466. The van der Waals surface area contributed by atoms with E-state index in [1.807, 2.05) is 6.07 Å². The van der Waals surface area contributed by atoms with E-state index in [0.717, 1.165) is 5.56 Å². The van der Waals surface area contributed by atoms with E-state index >= 15 is 0 Å². The van der Waals surface area contributed by atoms with Crippen LogP contribution >= 0.6 is 11.6 Å². The lowest BCUT2D eigenvalue weighted by Gasteiger charge is -2.17. The molecule has 0 atom stereocenters. The Balaban J connectivity index is 2.29. The molecule has 0 aliphatic heterocycles. The highest BCUT2D eigenvalue weighted by Crippen LogP contribution is 2.23. The minimum Gasteiger partial charge on any atom is -0.264 e.